The van der Waals surface area contributed by atoms with Crippen LogP contribution in [0.4, 0.5) is 10.7 Å². The number of aliphatic carboxylic acids is 1. The van der Waals surface area contributed by atoms with Crippen molar-refractivity contribution in [3.8, 4) is 23.0 Å². The Morgan fingerprint density at radius 2 is 1.72 bits per heavy atom. The second kappa shape index (κ2) is 9.01. The molecule has 0 unspecified atom stereocenters. The second-order valence-electron chi connectivity index (χ2n) is 6.75. The number of anilines is 1. The number of hydrogen-bond acceptors (Lipinski definition) is 6. The Morgan fingerprint density at radius 1 is 1.06 bits per heavy atom. The molecule has 0 bridgehead atoms. The second-order valence-corrected chi connectivity index (χ2v) is 6.75. The Balaban J connectivity index is 1.34. The van der Waals surface area contributed by atoms with E-state index in [1.165, 1.54) is 0 Å². The highest BCUT2D eigenvalue weighted by molar-refractivity contribution is 5.92. The number of carboxylic acids is 1. The van der Waals surface area contributed by atoms with E-state index in [4.69, 9.17) is 9.84 Å². The standard InChI is InChI=1S/C22H17N5O5/c28-18(29)10-5-11-23-20(30)19-24-21(27-26-19)25-22(31)32-12-17-15-8-3-1-6-13(15)14-7-2-4-9-16(14)17/h1-4,6-9,17H,11-12H2,(H,23,30)(H,28,29)(H2,24,25,26,27,31). The molecule has 4 N–H and O–H groups in total. The Kier molecular flexibility index (Phi) is 5.81. The van der Waals surface area contributed by atoms with Crippen molar-refractivity contribution in [3.05, 3.63) is 65.5 Å². The molecule has 10 nitrogen and oxygen atoms in total. The predicted molar refractivity (Wildman–Crippen MR) is 113 cm³/mol. The maximum Gasteiger partial charge on any atom is 0.414 e. The fourth-order valence-electron chi connectivity index (χ4n) is 3.47. The lowest BCUT2D eigenvalue weighted by molar-refractivity contribution is -0.130. The maximum absolute atomic E-state index is 12.2. The summed E-state index contributed by atoms with van der Waals surface area (Å²) in [6, 6.07) is 16.0. The number of hydrogen-bond donors (Lipinski definition) is 4. The molecule has 0 saturated heterocycles. The van der Waals surface area contributed by atoms with Crippen molar-refractivity contribution >= 4 is 23.9 Å². The Morgan fingerprint density at radius 3 is 2.38 bits per heavy atom. The van der Waals surface area contributed by atoms with Gasteiger partial charge < -0.3 is 15.2 Å². The summed E-state index contributed by atoms with van der Waals surface area (Å²) in [6.45, 7) is -0.0547. The van der Waals surface area contributed by atoms with Gasteiger partial charge in [0, 0.05) is 11.8 Å². The molecular weight excluding hydrogens is 414 g/mol. The lowest BCUT2D eigenvalue weighted by Crippen LogP contribution is -2.25. The largest absolute Gasteiger partial charge is 0.472 e. The minimum atomic E-state index is -1.30. The third-order valence-electron chi connectivity index (χ3n) is 4.79. The van der Waals surface area contributed by atoms with Crippen LogP contribution in [0.1, 0.15) is 27.7 Å². The fraction of sp³-hybridized carbons (Fsp3) is 0.136. The average molecular weight is 431 g/mol. The van der Waals surface area contributed by atoms with Crippen LogP contribution in [0, 0.1) is 11.8 Å². The molecule has 0 saturated carbocycles. The molecule has 160 valence electrons. The number of benzene rings is 2. The summed E-state index contributed by atoms with van der Waals surface area (Å²) in [6.07, 6.45) is -0.759. The molecular formula is C22H17N5O5. The first-order valence-electron chi connectivity index (χ1n) is 9.57. The van der Waals surface area contributed by atoms with Crippen LogP contribution in [0.15, 0.2) is 48.5 Å². The molecule has 1 aliphatic rings. The van der Waals surface area contributed by atoms with Gasteiger partial charge in [-0.1, -0.05) is 54.5 Å². The molecule has 0 spiro atoms. The number of nitrogens with one attached hydrogen (secondary N) is 3. The molecule has 10 heteroatoms. The summed E-state index contributed by atoms with van der Waals surface area (Å²) in [5.41, 5.74) is 4.42. The number of carboxylic acid groups (broad SMARTS) is 1. The predicted octanol–water partition coefficient (Wildman–Crippen LogP) is 1.98. The highest BCUT2D eigenvalue weighted by Gasteiger charge is 2.29. The number of H-pyrrole nitrogens is 1. The third kappa shape index (κ3) is 4.41. The van der Waals surface area contributed by atoms with Crippen LogP contribution in [0.5, 0.6) is 0 Å². The Hall–Kier alpha value is -4.65. The molecule has 4 rings (SSSR count). The van der Waals surface area contributed by atoms with E-state index in [9.17, 15) is 14.4 Å². The number of rotatable bonds is 5. The molecule has 1 aliphatic carbocycles. The topological polar surface area (TPSA) is 146 Å². The number of nitrogens with zero attached hydrogens (tertiary/aromatic N) is 2. The van der Waals surface area contributed by atoms with Crippen molar-refractivity contribution in [2.45, 2.75) is 5.92 Å². The van der Waals surface area contributed by atoms with Crippen LogP contribution >= 0.6 is 0 Å². The minimum Gasteiger partial charge on any atom is -0.472 e. The molecule has 32 heavy (non-hydrogen) atoms. The van der Waals surface area contributed by atoms with E-state index in [0.717, 1.165) is 22.3 Å². The van der Waals surface area contributed by atoms with Crippen LogP contribution < -0.4 is 10.6 Å². The summed E-state index contributed by atoms with van der Waals surface area (Å²) in [7, 11) is 0. The first-order chi connectivity index (χ1) is 15.5. The maximum atomic E-state index is 12.2. The van der Waals surface area contributed by atoms with Gasteiger partial charge in [-0.15, -0.1) is 5.10 Å². The smallest absolute Gasteiger partial charge is 0.414 e. The highest BCUT2D eigenvalue weighted by Crippen LogP contribution is 2.44. The zero-order valence-electron chi connectivity index (χ0n) is 16.6. The zero-order valence-corrected chi connectivity index (χ0v) is 16.6. The van der Waals surface area contributed by atoms with E-state index < -0.39 is 18.0 Å². The summed E-state index contributed by atoms with van der Waals surface area (Å²) in [5, 5.41) is 19.3. The van der Waals surface area contributed by atoms with Crippen LogP contribution in [-0.2, 0) is 9.53 Å². The van der Waals surface area contributed by atoms with E-state index in [1.54, 1.807) is 0 Å². The molecule has 0 aliphatic heterocycles. The van der Waals surface area contributed by atoms with Gasteiger partial charge in [0.05, 0.1) is 6.54 Å². The van der Waals surface area contributed by atoms with Gasteiger partial charge in [0.15, 0.2) is 0 Å². The van der Waals surface area contributed by atoms with E-state index in [2.05, 4.69) is 31.7 Å². The number of ether oxygens (including phenoxy) is 1. The average Bonchev–Trinajstić information content (AvgIpc) is 3.38. The van der Waals surface area contributed by atoms with E-state index in [0.29, 0.717) is 0 Å². The number of carbonyl (C=O) groups is 3. The summed E-state index contributed by atoms with van der Waals surface area (Å²) in [4.78, 5) is 38.3. The van der Waals surface area contributed by atoms with Gasteiger partial charge in [-0.05, 0) is 22.3 Å². The number of carbonyl (C=O) groups excluding carboxylic acids is 2. The van der Waals surface area contributed by atoms with E-state index in [-0.39, 0.29) is 30.8 Å². The van der Waals surface area contributed by atoms with Crippen molar-refractivity contribution < 1.29 is 24.2 Å². The molecule has 0 atom stereocenters. The Bertz CT molecular complexity index is 1210. The van der Waals surface area contributed by atoms with Crippen LogP contribution in [0.3, 0.4) is 0 Å². The normalized spacial score (nSPS) is 11.5. The third-order valence-corrected chi connectivity index (χ3v) is 4.79. The van der Waals surface area contributed by atoms with Gasteiger partial charge in [0.25, 0.3) is 11.9 Å². The molecule has 2 aromatic carbocycles. The molecule has 2 amide bonds. The summed E-state index contributed by atoms with van der Waals surface area (Å²) >= 11 is 0. The first-order valence-corrected chi connectivity index (χ1v) is 9.57. The van der Waals surface area contributed by atoms with Gasteiger partial charge in [-0.3, -0.25) is 15.2 Å². The monoisotopic (exact) mass is 431 g/mol. The van der Waals surface area contributed by atoms with Crippen LogP contribution in [0.25, 0.3) is 11.1 Å². The first kappa shape index (κ1) is 20.6. The van der Waals surface area contributed by atoms with Gasteiger partial charge in [-0.2, -0.15) is 4.98 Å². The number of amides is 2. The van der Waals surface area contributed by atoms with Crippen LogP contribution in [0.2, 0.25) is 0 Å². The van der Waals surface area contributed by atoms with Gasteiger partial charge in [0.1, 0.15) is 6.61 Å². The zero-order chi connectivity index (χ0) is 22.5. The Labute approximate surface area is 182 Å². The van der Waals surface area contributed by atoms with Crippen molar-refractivity contribution in [2.75, 3.05) is 18.5 Å². The molecule has 1 aromatic heterocycles. The fourth-order valence-corrected chi connectivity index (χ4v) is 3.47. The number of fused-ring (bicyclic) bond motifs is 3. The van der Waals surface area contributed by atoms with Crippen LogP contribution in [-0.4, -0.2) is 51.4 Å². The van der Waals surface area contributed by atoms with Crippen molar-refractivity contribution in [1.29, 1.82) is 0 Å². The minimum absolute atomic E-state index is 0.0893. The lowest BCUT2D eigenvalue weighted by atomic mass is 9.98. The van der Waals surface area contributed by atoms with E-state index in [1.807, 2.05) is 54.5 Å². The van der Waals surface area contributed by atoms with Crippen molar-refractivity contribution in [3.63, 3.8) is 0 Å². The number of aromatic nitrogens is 3. The quantitative estimate of drug-likeness (QED) is 0.452. The van der Waals surface area contributed by atoms with Gasteiger partial charge >= 0.3 is 12.1 Å². The summed E-state index contributed by atoms with van der Waals surface area (Å²) in [5.74, 6) is 1.77. The molecule has 1 heterocycles. The molecule has 0 radical (unpaired) electrons. The van der Waals surface area contributed by atoms with Crippen molar-refractivity contribution in [2.24, 2.45) is 0 Å². The lowest BCUT2D eigenvalue weighted by Gasteiger charge is -2.13. The number of aromatic amines is 1. The SMILES string of the molecule is O=C(O)C#CCNC(=O)c1nc(NC(=O)OCC2c3ccccc3-c3ccccc32)n[nH]1. The van der Waals surface area contributed by atoms with E-state index >= 15 is 0 Å². The molecule has 0 fully saturated rings. The molecule has 3 aromatic rings. The van der Waals surface area contributed by atoms with Crippen molar-refractivity contribution in [1.82, 2.24) is 20.5 Å². The highest BCUT2D eigenvalue weighted by atomic mass is 16.5. The summed E-state index contributed by atoms with van der Waals surface area (Å²) < 4.78 is 5.40. The van der Waals surface area contributed by atoms with Gasteiger partial charge in [-0.25, -0.2) is 9.59 Å². The van der Waals surface area contributed by atoms with Gasteiger partial charge in [0.2, 0.25) is 5.82 Å².